The van der Waals surface area contributed by atoms with Crippen LogP contribution in [-0.2, 0) is 4.79 Å². The number of piperazine rings is 1. The van der Waals surface area contributed by atoms with Crippen molar-refractivity contribution in [1.82, 2.24) is 9.80 Å². The van der Waals surface area contributed by atoms with Crippen LogP contribution in [0.5, 0.6) is 0 Å². The molecule has 1 aliphatic heterocycles. The first kappa shape index (κ1) is 12.5. The fourth-order valence-electron chi connectivity index (χ4n) is 1.75. The summed E-state index contributed by atoms with van der Waals surface area (Å²) in [5.41, 5.74) is 0. The Morgan fingerprint density at radius 2 is 2.00 bits per heavy atom. The zero-order valence-corrected chi connectivity index (χ0v) is 9.94. The summed E-state index contributed by atoms with van der Waals surface area (Å²) < 4.78 is 0. The third-order valence-corrected chi connectivity index (χ3v) is 2.90. The van der Waals surface area contributed by atoms with Crippen molar-refractivity contribution in [3.63, 3.8) is 0 Å². The van der Waals surface area contributed by atoms with Crippen molar-refractivity contribution in [2.45, 2.75) is 39.3 Å². The van der Waals surface area contributed by atoms with Crippen LogP contribution < -0.4 is 0 Å². The van der Waals surface area contributed by atoms with E-state index < -0.39 is 0 Å². The van der Waals surface area contributed by atoms with Gasteiger partial charge in [0.1, 0.15) is 0 Å². The smallest absolute Gasteiger partial charge is 0.236 e. The number of carbonyl (C=O) groups is 1. The lowest BCUT2D eigenvalue weighted by atomic mass is 10.2. The van der Waals surface area contributed by atoms with E-state index in [-0.39, 0.29) is 12.0 Å². The largest absolute Gasteiger partial charge is 0.393 e. The zero-order valence-electron chi connectivity index (χ0n) is 9.94. The van der Waals surface area contributed by atoms with E-state index in [9.17, 15) is 4.79 Å². The summed E-state index contributed by atoms with van der Waals surface area (Å²) >= 11 is 0. The molecule has 4 heteroatoms. The van der Waals surface area contributed by atoms with E-state index in [1.807, 2.05) is 4.90 Å². The summed E-state index contributed by atoms with van der Waals surface area (Å²) in [7, 11) is 0. The maximum atomic E-state index is 11.7. The fourth-order valence-corrected chi connectivity index (χ4v) is 1.75. The highest BCUT2D eigenvalue weighted by Gasteiger charge is 2.24. The Hall–Kier alpha value is -0.610. The Labute approximate surface area is 91.9 Å². The van der Waals surface area contributed by atoms with E-state index >= 15 is 0 Å². The van der Waals surface area contributed by atoms with Crippen LogP contribution in [-0.4, -0.2) is 59.1 Å². The molecule has 0 aromatic heterocycles. The second-order valence-electron chi connectivity index (χ2n) is 4.58. The van der Waals surface area contributed by atoms with Crippen LogP contribution in [0.3, 0.4) is 0 Å². The minimum absolute atomic E-state index is 0.190. The van der Waals surface area contributed by atoms with Gasteiger partial charge in [0.2, 0.25) is 5.91 Å². The highest BCUT2D eigenvalue weighted by molar-refractivity contribution is 5.79. The highest BCUT2D eigenvalue weighted by Crippen LogP contribution is 2.08. The monoisotopic (exact) mass is 214 g/mol. The molecule has 0 bridgehead atoms. The molecular weight excluding hydrogens is 192 g/mol. The minimum atomic E-state index is -0.319. The van der Waals surface area contributed by atoms with E-state index in [4.69, 9.17) is 5.11 Å². The Balaban J connectivity index is 2.36. The first-order valence-corrected chi connectivity index (χ1v) is 5.70. The molecule has 15 heavy (non-hydrogen) atoms. The van der Waals surface area contributed by atoms with Crippen LogP contribution >= 0.6 is 0 Å². The summed E-state index contributed by atoms with van der Waals surface area (Å²) in [6.07, 6.45) is 0.355. The Kier molecular flexibility index (Phi) is 4.54. The number of hydrogen-bond acceptors (Lipinski definition) is 3. The van der Waals surface area contributed by atoms with Crippen LogP contribution in [0.25, 0.3) is 0 Å². The van der Waals surface area contributed by atoms with Crippen molar-refractivity contribution < 1.29 is 9.90 Å². The predicted molar refractivity (Wildman–Crippen MR) is 59.6 cm³/mol. The molecule has 1 fully saturated rings. The molecule has 1 heterocycles. The molecule has 1 unspecified atom stereocenters. The van der Waals surface area contributed by atoms with E-state index in [0.717, 1.165) is 13.1 Å². The van der Waals surface area contributed by atoms with Crippen LogP contribution in [0.2, 0.25) is 0 Å². The van der Waals surface area contributed by atoms with Gasteiger partial charge in [0.15, 0.2) is 0 Å². The highest BCUT2D eigenvalue weighted by atomic mass is 16.3. The average Bonchev–Trinajstić information content (AvgIpc) is 2.15. The van der Waals surface area contributed by atoms with E-state index in [1.165, 1.54) is 0 Å². The number of aliphatic hydroxyl groups is 1. The molecule has 1 aliphatic rings. The second-order valence-corrected chi connectivity index (χ2v) is 4.58. The number of nitrogens with zero attached hydrogens (tertiary/aromatic N) is 2. The van der Waals surface area contributed by atoms with Crippen molar-refractivity contribution in [1.29, 1.82) is 0 Å². The molecule has 1 rings (SSSR count). The van der Waals surface area contributed by atoms with Gasteiger partial charge in [-0.3, -0.25) is 9.69 Å². The summed E-state index contributed by atoms with van der Waals surface area (Å²) in [6, 6.07) is 0.438. The molecule has 0 aliphatic carbocycles. The van der Waals surface area contributed by atoms with Gasteiger partial charge >= 0.3 is 0 Å². The lowest BCUT2D eigenvalue weighted by Crippen LogP contribution is -2.52. The number of carbonyl (C=O) groups excluding carboxylic acids is 1. The molecule has 0 aromatic carbocycles. The van der Waals surface area contributed by atoms with Crippen LogP contribution in [0.1, 0.15) is 27.2 Å². The van der Waals surface area contributed by atoms with Gasteiger partial charge in [-0.15, -0.1) is 0 Å². The van der Waals surface area contributed by atoms with Gasteiger partial charge in [0.05, 0.1) is 12.6 Å². The normalized spacial score (nSPS) is 21.1. The van der Waals surface area contributed by atoms with E-state index in [2.05, 4.69) is 18.7 Å². The third kappa shape index (κ3) is 3.80. The van der Waals surface area contributed by atoms with Crippen molar-refractivity contribution in [2.75, 3.05) is 26.2 Å². The zero-order chi connectivity index (χ0) is 11.4. The molecule has 1 amide bonds. The van der Waals surface area contributed by atoms with Gasteiger partial charge in [0.25, 0.3) is 0 Å². The Bertz CT molecular complexity index is 217. The Morgan fingerprint density at radius 1 is 1.33 bits per heavy atom. The van der Waals surface area contributed by atoms with Gasteiger partial charge in [0, 0.05) is 25.7 Å². The molecular formula is C11H22N2O2. The lowest BCUT2D eigenvalue weighted by molar-refractivity contribution is -0.137. The third-order valence-electron chi connectivity index (χ3n) is 2.90. The molecule has 0 aromatic rings. The SMILES string of the molecule is CC(O)CCN1CCN(C(C)C)CC1=O. The minimum Gasteiger partial charge on any atom is -0.393 e. The molecule has 1 atom stereocenters. The standard InChI is InChI=1S/C11H22N2O2/c1-9(2)13-7-6-12(11(15)8-13)5-4-10(3)14/h9-10,14H,4-8H2,1-3H3. The maximum Gasteiger partial charge on any atom is 0.236 e. The van der Waals surface area contributed by atoms with Crippen LogP contribution in [0.4, 0.5) is 0 Å². The molecule has 1 saturated heterocycles. The van der Waals surface area contributed by atoms with Crippen molar-refractivity contribution in [3.8, 4) is 0 Å². The van der Waals surface area contributed by atoms with Gasteiger partial charge < -0.3 is 10.0 Å². The number of hydrogen-bond donors (Lipinski definition) is 1. The summed E-state index contributed by atoms with van der Waals surface area (Å²) in [4.78, 5) is 15.8. The molecule has 0 radical (unpaired) electrons. The number of rotatable bonds is 4. The lowest BCUT2D eigenvalue weighted by Gasteiger charge is -2.36. The predicted octanol–water partition coefficient (Wildman–Crippen LogP) is 0.310. The molecule has 1 N–H and O–H groups in total. The summed E-state index contributed by atoms with van der Waals surface area (Å²) in [5, 5.41) is 9.16. The van der Waals surface area contributed by atoms with Crippen LogP contribution in [0.15, 0.2) is 0 Å². The first-order valence-electron chi connectivity index (χ1n) is 5.70. The second kappa shape index (κ2) is 5.47. The first-order chi connectivity index (χ1) is 7.00. The Morgan fingerprint density at radius 3 is 2.47 bits per heavy atom. The van der Waals surface area contributed by atoms with Gasteiger partial charge in [-0.2, -0.15) is 0 Å². The van der Waals surface area contributed by atoms with Gasteiger partial charge in [-0.1, -0.05) is 0 Å². The van der Waals surface area contributed by atoms with E-state index in [1.54, 1.807) is 6.92 Å². The van der Waals surface area contributed by atoms with Gasteiger partial charge in [-0.05, 0) is 27.2 Å². The summed E-state index contributed by atoms with van der Waals surface area (Å²) in [5.74, 6) is 0.190. The van der Waals surface area contributed by atoms with E-state index in [0.29, 0.717) is 25.6 Å². The molecule has 4 nitrogen and oxygen atoms in total. The quantitative estimate of drug-likeness (QED) is 0.732. The molecule has 0 saturated carbocycles. The average molecular weight is 214 g/mol. The van der Waals surface area contributed by atoms with Gasteiger partial charge in [-0.25, -0.2) is 0 Å². The van der Waals surface area contributed by atoms with Crippen molar-refractivity contribution in [2.24, 2.45) is 0 Å². The maximum absolute atomic E-state index is 11.7. The fraction of sp³-hybridized carbons (Fsp3) is 0.909. The number of amides is 1. The molecule has 0 spiro atoms. The van der Waals surface area contributed by atoms with Crippen molar-refractivity contribution >= 4 is 5.91 Å². The van der Waals surface area contributed by atoms with Crippen molar-refractivity contribution in [3.05, 3.63) is 0 Å². The number of aliphatic hydroxyl groups excluding tert-OH is 1. The van der Waals surface area contributed by atoms with Crippen LogP contribution in [0, 0.1) is 0 Å². The topological polar surface area (TPSA) is 43.8 Å². The summed E-state index contributed by atoms with van der Waals surface area (Å²) in [6.45, 7) is 8.93. The molecule has 88 valence electrons.